The Hall–Kier alpha value is -5.18. The molecule has 0 bridgehead atoms. The molecule has 3 N–H and O–H groups in total. The zero-order chi connectivity index (χ0) is 29.5. The van der Waals surface area contributed by atoms with Crippen LogP contribution in [-0.4, -0.2) is 33.8 Å². The average molecular weight is 563 g/mol. The van der Waals surface area contributed by atoms with Gasteiger partial charge in [0.2, 0.25) is 6.41 Å². The van der Waals surface area contributed by atoms with E-state index in [4.69, 9.17) is 9.84 Å². The Morgan fingerprint density at radius 1 is 0.905 bits per heavy atom. The molecule has 2 heterocycles. The van der Waals surface area contributed by atoms with Gasteiger partial charge >= 0.3 is 6.03 Å². The van der Waals surface area contributed by atoms with E-state index >= 15 is 0 Å². The van der Waals surface area contributed by atoms with E-state index in [0.29, 0.717) is 31.1 Å². The topological polar surface area (TPSA) is 110 Å². The van der Waals surface area contributed by atoms with Crippen LogP contribution in [0, 0.1) is 0 Å². The molecule has 2 aromatic heterocycles. The number of ether oxygens (including phenoxy) is 1. The Bertz CT molecular complexity index is 1670. The summed E-state index contributed by atoms with van der Waals surface area (Å²) in [5.74, 6) is 1.29. The summed E-state index contributed by atoms with van der Waals surface area (Å²) in [6.45, 7) is 7.18. The minimum Gasteiger partial charge on any atom is -0.493 e. The highest BCUT2D eigenvalue weighted by atomic mass is 16.5. The lowest BCUT2D eigenvalue weighted by atomic mass is 9.92. The first-order valence-electron chi connectivity index (χ1n) is 13.8. The third-order valence-corrected chi connectivity index (χ3v) is 6.82. The van der Waals surface area contributed by atoms with Crippen LogP contribution >= 0.6 is 0 Å². The number of carbonyl (C=O) groups is 2. The van der Waals surface area contributed by atoms with Crippen LogP contribution < -0.4 is 20.7 Å². The zero-order valence-electron chi connectivity index (χ0n) is 23.9. The fourth-order valence-electron chi connectivity index (χ4n) is 4.55. The molecule has 42 heavy (non-hydrogen) atoms. The first-order valence-corrected chi connectivity index (χ1v) is 13.8. The van der Waals surface area contributed by atoms with Crippen molar-refractivity contribution < 1.29 is 14.3 Å². The second kappa shape index (κ2) is 12.6. The van der Waals surface area contributed by atoms with Gasteiger partial charge in [-0.15, -0.1) is 0 Å². The highest BCUT2D eigenvalue weighted by Crippen LogP contribution is 2.32. The van der Waals surface area contributed by atoms with Crippen molar-refractivity contribution in [1.82, 2.24) is 20.1 Å². The highest BCUT2D eigenvalue weighted by molar-refractivity contribution is 6.07. The van der Waals surface area contributed by atoms with Crippen LogP contribution in [0.3, 0.4) is 0 Å². The van der Waals surface area contributed by atoms with Gasteiger partial charge in [0.1, 0.15) is 11.6 Å². The van der Waals surface area contributed by atoms with Gasteiger partial charge in [0, 0.05) is 47.6 Å². The van der Waals surface area contributed by atoms with Crippen LogP contribution in [-0.2, 0) is 23.2 Å². The van der Waals surface area contributed by atoms with E-state index in [0.717, 1.165) is 45.5 Å². The van der Waals surface area contributed by atoms with Gasteiger partial charge in [-0.2, -0.15) is 5.10 Å². The van der Waals surface area contributed by atoms with Gasteiger partial charge in [0.05, 0.1) is 23.7 Å². The molecule has 0 saturated heterocycles. The van der Waals surface area contributed by atoms with Crippen molar-refractivity contribution >= 4 is 34.7 Å². The van der Waals surface area contributed by atoms with Crippen molar-refractivity contribution in [3.05, 3.63) is 108 Å². The van der Waals surface area contributed by atoms with E-state index in [1.807, 2.05) is 78.9 Å². The van der Waals surface area contributed by atoms with Gasteiger partial charge in [-0.25, -0.2) is 9.48 Å². The van der Waals surface area contributed by atoms with Crippen molar-refractivity contribution in [2.75, 3.05) is 17.2 Å². The predicted molar refractivity (Wildman–Crippen MR) is 165 cm³/mol. The van der Waals surface area contributed by atoms with Gasteiger partial charge in [0.15, 0.2) is 0 Å². The summed E-state index contributed by atoms with van der Waals surface area (Å²) in [6.07, 6.45) is 4.99. The molecule has 9 nitrogen and oxygen atoms in total. The molecule has 0 aliphatic carbocycles. The largest absolute Gasteiger partial charge is 0.493 e. The molecule has 0 aliphatic rings. The van der Waals surface area contributed by atoms with Gasteiger partial charge in [0.25, 0.3) is 0 Å². The first kappa shape index (κ1) is 28.4. The van der Waals surface area contributed by atoms with E-state index in [9.17, 15) is 9.59 Å². The van der Waals surface area contributed by atoms with E-state index < -0.39 is 0 Å². The Morgan fingerprint density at radius 3 is 2.36 bits per heavy atom. The molecular weight excluding hydrogens is 528 g/mol. The number of hydrogen-bond acceptors (Lipinski definition) is 5. The number of nitrogens with zero attached hydrogens (tertiary/aromatic N) is 3. The van der Waals surface area contributed by atoms with Gasteiger partial charge in [-0.05, 0) is 47.5 Å². The number of carbonyl (C=O) groups excluding carboxylic acids is 2. The van der Waals surface area contributed by atoms with Crippen molar-refractivity contribution in [2.45, 2.75) is 39.2 Å². The predicted octanol–water partition coefficient (Wildman–Crippen LogP) is 6.23. The summed E-state index contributed by atoms with van der Waals surface area (Å²) in [5, 5.41) is 15.2. The summed E-state index contributed by atoms with van der Waals surface area (Å²) >= 11 is 0. The molecule has 3 aromatic carbocycles. The van der Waals surface area contributed by atoms with Crippen molar-refractivity contribution in [3.8, 4) is 11.4 Å². The van der Waals surface area contributed by atoms with E-state index in [1.54, 1.807) is 17.1 Å². The number of fused-ring (bicyclic) bond motifs is 1. The molecule has 0 radical (unpaired) electrons. The van der Waals surface area contributed by atoms with Crippen molar-refractivity contribution in [2.24, 2.45) is 0 Å². The number of aromatic nitrogens is 3. The van der Waals surface area contributed by atoms with E-state index in [-0.39, 0.29) is 11.4 Å². The fraction of sp³-hybridized carbons (Fsp3) is 0.212. The molecule has 5 aromatic rings. The molecule has 0 aliphatic heterocycles. The Labute approximate surface area is 244 Å². The monoisotopic (exact) mass is 562 g/mol. The Morgan fingerprint density at radius 2 is 1.64 bits per heavy atom. The number of benzene rings is 3. The standard InChI is InChI=1S/C33H34N6O3/c1-33(2,3)30-20-31(39(38-30)25-10-8-24(9-11-25)21-35-22-40)37-32(41)36-28-12-13-29(27-7-5-4-6-26(27)28)42-19-16-23-14-17-34-18-15-23/h4-15,17-18,20,22H,16,19,21H2,1-3H3,(H,35,40)(H2,36,37,41). The average Bonchev–Trinajstić information content (AvgIpc) is 3.42. The number of anilines is 2. The molecule has 0 atom stereocenters. The maximum atomic E-state index is 13.3. The zero-order valence-corrected chi connectivity index (χ0v) is 23.9. The van der Waals surface area contributed by atoms with Crippen LogP contribution in [0.2, 0.25) is 0 Å². The lowest BCUT2D eigenvalue weighted by molar-refractivity contribution is -0.109. The van der Waals surface area contributed by atoms with Crippen LogP contribution in [0.25, 0.3) is 16.5 Å². The third-order valence-electron chi connectivity index (χ3n) is 6.82. The Balaban J connectivity index is 1.34. The molecule has 0 spiro atoms. The molecular formula is C33H34N6O3. The highest BCUT2D eigenvalue weighted by Gasteiger charge is 2.22. The second-order valence-corrected chi connectivity index (χ2v) is 10.9. The van der Waals surface area contributed by atoms with Gasteiger partial charge in [-0.1, -0.05) is 57.2 Å². The molecule has 0 fully saturated rings. The first-order chi connectivity index (χ1) is 20.3. The summed E-state index contributed by atoms with van der Waals surface area (Å²) in [7, 11) is 0. The normalized spacial score (nSPS) is 11.2. The van der Waals surface area contributed by atoms with Gasteiger partial charge < -0.3 is 15.4 Å². The third kappa shape index (κ3) is 6.75. The number of rotatable bonds is 10. The maximum absolute atomic E-state index is 13.3. The van der Waals surface area contributed by atoms with Crippen LogP contribution in [0.15, 0.2) is 91.3 Å². The smallest absolute Gasteiger partial charge is 0.324 e. The number of nitrogens with one attached hydrogen (secondary N) is 3. The lowest BCUT2D eigenvalue weighted by Gasteiger charge is -2.14. The van der Waals surface area contributed by atoms with Crippen LogP contribution in [0.5, 0.6) is 5.75 Å². The van der Waals surface area contributed by atoms with Crippen LogP contribution in [0.1, 0.15) is 37.6 Å². The SMILES string of the molecule is CC(C)(C)c1cc(NC(=O)Nc2ccc(OCCc3ccncc3)c3ccccc23)n(-c2ccc(CNC=O)cc2)n1. The number of pyridine rings is 1. The van der Waals surface area contributed by atoms with Crippen molar-refractivity contribution in [1.29, 1.82) is 0 Å². The minimum atomic E-state index is -0.389. The summed E-state index contributed by atoms with van der Waals surface area (Å²) < 4.78 is 7.84. The summed E-state index contributed by atoms with van der Waals surface area (Å²) in [6, 6.07) is 24.7. The second-order valence-electron chi connectivity index (χ2n) is 10.9. The minimum absolute atomic E-state index is 0.227. The molecule has 214 valence electrons. The van der Waals surface area contributed by atoms with E-state index in [2.05, 4.69) is 41.7 Å². The molecule has 0 unspecified atom stereocenters. The number of hydrogen-bond donors (Lipinski definition) is 3. The molecule has 5 rings (SSSR count). The Kier molecular flexibility index (Phi) is 8.47. The summed E-state index contributed by atoms with van der Waals surface area (Å²) in [5.41, 5.74) is 4.17. The maximum Gasteiger partial charge on any atom is 0.324 e. The lowest BCUT2D eigenvalue weighted by Crippen LogP contribution is -2.21. The quantitative estimate of drug-likeness (QED) is 0.175. The molecule has 0 saturated carbocycles. The molecule has 3 amide bonds. The molecule has 9 heteroatoms. The van der Waals surface area contributed by atoms with Gasteiger partial charge in [-0.3, -0.25) is 15.1 Å². The van der Waals surface area contributed by atoms with E-state index in [1.165, 1.54) is 0 Å². The fourth-order valence-corrected chi connectivity index (χ4v) is 4.55. The van der Waals surface area contributed by atoms with Crippen molar-refractivity contribution in [3.63, 3.8) is 0 Å². The number of urea groups is 1. The van der Waals surface area contributed by atoms with Crippen LogP contribution in [0.4, 0.5) is 16.3 Å². The number of amides is 3. The summed E-state index contributed by atoms with van der Waals surface area (Å²) in [4.78, 5) is 28.0.